The number of nitrogens with zero attached hydrogens (tertiary/aromatic N) is 2. The maximum absolute atomic E-state index is 11.1. The first-order chi connectivity index (χ1) is 6.83. The van der Waals surface area contributed by atoms with E-state index in [1.165, 1.54) is 0 Å². The number of nitroso groups, excluding NO2 is 1. The van der Waals surface area contributed by atoms with Crippen molar-refractivity contribution in [2.75, 3.05) is 5.17 Å². The maximum atomic E-state index is 11.1. The third kappa shape index (κ3) is 1.93. The van der Waals surface area contributed by atoms with Gasteiger partial charge in [-0.05, 0) is 11.5 Å². The van der Waals surface area contributed by atoms with Crippen LogP contribution in [0.2, 0.25) is 0 Å². The number of rotatable bonds is 2. The highest BCUT2D eigenvalue weighted by Gasteiger charge is 2.00. The largest absolute Gasteiger partial charge is 0.735 e. The molecule has 0 heterocycles. The fourth-order valence-corrected chi connectivity index (χ4v) is 1.42. The van der Waals surface area contributed by atoms with Gasteiger partial charge >= 0.3 is 0 Å². The van der Waals surface area contributed by atoms with E-state index < -0.39 is 0 Å². The molecular weight excluding hydrogens is 194 g/mol. The first kappa shape index (κ1) is 11.1. The SMILES string of the molecule is O=NN([O-])c1cccc2ccccc12.[NH4+]. The predicted molar refractivity (Wildman–Crippen MR) is 61.6 cm³/mol. The summed E-state index contributed by atoms with van der Waals surface area (Å²) in [5, 5.41) is 15.1. The zero-order valence-electron chi connectivity index (χ0n) is 8.25. The molecule has 0 aliphatic rings. The Bertz CT molecular complexity index is 468. The molecule has 78 valence electrons. The summed E-state index contributed by atoms with van der Waals surface area (Å²) in [6, 6.07) is 12.5. The molecule has 0 fully saturated rings. The molecule has 0 aliphatic heterocycles. The smallest absolute Gasteiger partial charge is 0.0578 e. The molecular formula is C10H11N3O2. The second-order valence-electron chi connectivity index (χ2n) is 2.85. The van der Waals surface area contributed by atoms with Crippen LogP contribution in [0, 0.1) is 10.1 Å². The Balaban J connectivity index is 0.00000112. The Morgan fingerprint density at radius 1 is 1.07 bits per heavy atom. The van der Waals surface area contributed by atoms with Crippen molar-refractivity contribution in [1.82, 2.24) is 6.15 Å². The summed E-state index contributed by atoms with van der Waals surface area (Å²) in [4.78, 5) is 10.1. The van der Waals surface area contributed by atoms with E-state index in [0.29, 0.717) is 0 Å². The maximum Gasteiger partial charge on any atom is 0.0578 e. The molecule has 0 aliphatic carbocycles. The zero-order chi connectivity index (χ0) is 9.97. The Labute approximate surface area is 86.4 Å². The number of quaternary nitrogens is 1. The lowest BCUT2D eigenvalue weighted by Crippen LogP contribution is -2.03. The molecule has 2 rings (SSSR count). The lowest BCUT2D eigenvalue weighted by Gasteiger charge is -2.21. The van der Waals surface area contributed by atoms with Crippen LogP contribution < -0.4 is 11.3 Å². The van der Waals surface area contributed by atoms with Gasteiger partial charge in [-0.2, -0.15) is 0 Å². The number of hydrogen-bond donors (Lipinski definition) is 1. The van der Waals surface area contributed by atoms with Crippen LogP contribution in [0.4, 0.5) is 5.69 Å². The zero-order valence-corrected chi connectivity index (χ0v) is 8.25. The van der Waals surface area contributed by atoms with E-state index in [-0.39, 0.29) is 17.0 Å². The van der Waals surface area contributed by atoms with Crippen molar-refractivity contribution in [3.8, 4) is 0 Å². The molecule has 0 bridgehead atoms. The summed E-state index contributed by atoms with van der Waals surface area (Å²) in [5.74, 6) is 0. The van der Waals surface area contributed by atoms with Gasteiger partial charge in [0.15, 0.2) is 0 Å². The Morgan fingerprint density at radius 2 is 1.73 bits per heavy atom. The molecule has 15 heavy (non-hydrogen) atoms. The van der Waals surface area contributed by atoms with Gasteiger partial charge in [-0.1, -0.05) is 36.4 Å². The Hall–Kier alpha value is -1.98. The molecule has 2 aromatic rings. The molecule has 5 nitrogen and oxygen atoms in total. The molecule has 5 heteroatoms. The van der Waals surface area contributed by atoms with Crippen molar-refractivity contribution < 1.29 is 0 Å². The highest BCUT2D eigenvalue weighted by molar-refractivity contribution is 5.94. The summed E-state index contributed by atoms with van der Waals surface area (Å²) in [6.07, 6.45) is 0. The lowest BCUT2D eigenvalue weighted by atomic mass is 10.1. The van der Waals surface area contributed by atoms with Crippen molar-refractivity contribution in [3.05, 3.63) is 52.6 Å². The van der Waals surface area contributed by atoms with Crippen molar-refractivity contribution in [1.29, 1.82) is 0 Å². The summed E-state index contributed by atoms with van der Waals surface area (Å²) in [6.45, 7) is 0. The molecule has 0 saturated carbocycles. The van der Waals surface area contributed by atoms with Gasteiger partial charge < -0.3 is 11.4 Å². The average molecular weight is 205 g/mol. The summed E-state index contributed by atoms with van der Waals surface area (Å²) < 4.78 is 0. The van der Waals surface area contributed by atoms with E-state index >= 15 is 0 Å². The normalized spacial score (nSPS) is 9.40. The first-order valence-electron chi connectivity index (χ1n) is 4.11. The fraction of sp³-hybridized carbons (Fsp3) is 0. The van der Waals surface area contributed by atoms with E-state index in [2.05, 4.69) is 5.29 Å². The highest BCUT2D eigenvalue weighted by Crippen LogP contribution is 2.25. The van der Waals surface area contributed by atoms with Crippen molar-refractivity contribution in [3.63, 3.8) is 0 Å². The van der Waals surface area contributed by atoms with Crippen molar-refractivity contribution in [2.24, 2.45) is 5.29 Å². The van der Waals surface area contributed by atoms with Crippen LogP contribution >= 0.6 is 0 Å². The van der Waals surface area contributed by atoms with E-state index in [1.54, 1.807) is 18.2 Å². The third-order valence-corrected chi connectivity index (χ3v) is 2.05. The number of fused-ring (bicyclic) bond motifs is 1. The van der Waals surface area contributed by atoms with E-state index in [4.69, 9.17) is 0 Å². The lowest BCUT2D eigenvalue weighted by molar-refractivity contribution is 1.08. The van der Waals surface area contributed by atoms with E-state index in [9.17, 15) is 10.1 Å². The number of benzene rings is 2. The Morgan fingerprint density at radius 3 is 2.47 bits per heavy atom. The minimum atomic E-state index is 0. The van der Waals surface area contributed by atoms with Gasteiger partial charge in [0.1, 0.15) is 0 Å². The van der Waals surface area contributed by atoms with Crippen molar-refractivity contribution >= 4 is 16.5 Å². The van der Waals surface area contributed by atoms with Gasteiger partial charge in [0.05, 0.1) is 5.69 Å². The summed E-state index contributed by atoms with van der Waals surface area (Å²) in [7, 11) is 0. The van der Waals surface area contributed by atoms with Crippen molar-refractivity contribution in [2.45, 2.75) is 0 Å². The molecule has 2 aromatic carbocycles. The molecule has 0 saturated heterocycles. The molecule has 4 N–H and O–H groups in total. The highest BCUT2D eigenvalue weighted by atomic mass is 16.6. The second-order valence-corrected chi connectivity index (χ2v) is 2.85. The minimum absolute atomic E-state index is 0. The van der Waals surface area contributed by atoms with Crippen LogP contribution in [0.15, 0.2) is 47.8 Å². The standard InChI is InChI=1S/C10H7N2O2.H3N/c13-11-12(14)10-7-3-5-8-4-1-2-6-9(8)10;/h1-7H;1H3/q-1;/p+1. The monoisotopic (exact) mass is 205 g/mol. The molecule has 0 aromatic heterocycles. The predicted octanol–water partition coefficient (Wildman–Crippen LogP) is 3.20. The van der Waals surface area contributed by atoms with Gasteiger partial charge in [0.2, 0.25) is 0 Å². The second kappa shape index (κ2) is 4.50. The average Bonchev–Trinajstić information content (AvgIpc) is 2.27. The van der Waals surface area contributed by atoms with Gasteiger partial charge in [0, 0.05) is 10.7 Å². The molecule has 0 atom stereocenters. The fourth-order valence-electron chi connectivity index (χ4n) is 1.42. The number of anilines is 1. The van der Waals surface area contributed by atoms with E-state index in [1.807, 2.05) is 24.3 Å². The third-order valence-electron chi connectivity index (χ3n) is 2.05. The molecule has 0 amide bonds. The van der Waals surface area contributed by atoms with Crippen LogP contribution in [0.3, 0.4) is 0 Å². The van der Waals surface area contributed by atoms with Gasteiger partial charge in [-0.25, -0.2) is 0 Å². The quantitative estimate of drug-likeness (QED) is 0.602. The van der Waals surface area contributed by atoms with Crippen LogP contribution in [0.25, 0.3) is 10.8 Å². The van der Waals surface area contributed by atoms with Crippen LogP contribution in [-0.2, 0) is 0 Å². The van der Waals surface area contributed by atoms with Gasteiger partial charge in [0.25, 0.3) is 0 Å². The minimum Gasteiger partial charge on any atom is -0.735 e. The Kier molecular flexibility index (Phi) is 3.33. The van der Waals surface area contributed by atoms with Gasteiger partial charge in [-0.3, -0.25) is 5.17 Å². The summed E-state index contributed by atoms with van der Waals surface area (Å²) in [5.41, 5.74) is 0.276. The first-order valence-corrected chi connectivity index (χ1v) is 4.11. The number of hydrogen-bond acceptors (Lipinski definition) is 3. The van der Waals surface area contributed by atoms with Crippen LogP contribution in [-0.4, -0.2) is 0 Å². The van der Waals surface area contributed by atoms with E-state index in [0.717, 1.165) is 10.8 Å². The molecule has 0 unspecified atom stereocenters. The topological polar surface area (TPSA) is 92.2 Å². The summed E-state index contributed by atoms with van der Waals surface area (Å²) >= 11 is 0. The van der Waals surface area contributed by atoms with Crippen LogP contribution in [0.5, 0.6) is 0 Å². The molecule has 0 spiro atoms. The molecule has 0 radical (unpaired) electrons. The van der Waals surface area contributed by atoms with Crippen LogP contribution in [0.1, 0.15) is 0 Å². The van der Waals surface area contributed by atoms with Gasteiger partial charge in [-0.15, -0.1) is 4.91 Å².